The highest BCUT2D eigenvalue weighted by Gasteiger charge is 2.31. The van der Waals surface area contributed by atoms with Gasteiger partial charge in [-0.15, -0.1) is 0 Å². The summed E-state index contributed by atoms with van der Waals surface area (Å²) in [6, 6.07) is 16.4. The predicted octanol–water partition coefficient (Wildman–Crippen LogP) is 3.81. The van der Waals surface area contributed by atoms with Crippen molar-refractivity contribution >= 4 is 29.4 Å². The van der Waals surface area contributed by atoms with E-state index in [2.05, 4.69) is 22.1 Å². The Morgan fingerprint density at radius 2 is 1.86 bits per heavy atom. The number of benzene rings is 2. The minimum atomic E-state index is -1.07. The molecule has 0 aliphatic carbocycles. The predicted molar refractivity (Wildman–Crippen MR) is 156 cm³/mol. The largest absolute Gasteiger partial charge is 0.489 e. The molecule has 1 atom stereocenters. The Balaban J connectivity index is 1.40. The highest BCUT2D eigenvalue weighted by atomic mass is 16.5. The number of para-hydroxylation sites is 1. The van der Waals surface area contributed by atoms with Gasteiger partial charge in [-0.05, 0) is 50.2 Å². The summed E-state index contributed by atoms with van der Waals surface area (Å²) in [5.41, 5.74) is 0.437. The Kier molecular flexibility index (Phi) is 9.62. The summed E-state index contributed by atoms with van der Waals surface area (Å²) >= 11 is 0. The number of anilines is 1. The van der Waals surface area contributed by atoms with Crippen molar-refractivity contribution in [2.75, 3.05) is 25.2 Å². The zero-order valence-electron chi connectivity index (χ0n) is 24.0. The topological polar surface area (TPSA) is 144 Å². The summed E-state index contributed by atoms with van der Waals surface area (Å²) in [4.78, 5) is 54.3. The number of carboxylic acid groups (broad SMARTS) is 1. The van der Waals surface area contributed by atoms with Crippen molar-refractivity contribution < 1.29 is 38.5 Å². The number of aromatic nitrogens is 1. The zero-order chi connectivity index (χ0) is 31.0. The number of carboxylic acids is 1. The molecule has 1 aliphatic heterocycles. The third-order valence-corrected chi connectivity index (χ3v) is 6.28. The van der Waals surface area contributed by atoms with Crippen molar-refractivity contribution in [3.8, 4) is 29.1 Å². The van der Waals surface area contributed by atoms with E-state index < -0.39 is 29.3 Å². The molecule has 0 radical (unpaired) electrons. The van der Waals surface area contributed by atoms with Gasteiger partial charge in [0.15, 0.2) is 0 Å². The molecule has 2 heterocycles. The number of carbonyl (C=O) groups excluding carboxylic acids is 3. The van der Waals surface area contributed by atoms with E-state index in [0.717, 1.165) is 0 Å². The first kappa shape index (κ1) is 30.6. The number of fused-ring (bicyclic) bond motifs is 1. The first-order valence-corrected chi connectivity index (χ1v) is 13.5. The van der Waals surface area contributed by atoms with E-state index in [0.29, 0.717) is 28.5 Å². The van der Waals surface area contributed by atoms with E-state index in [1.54, 1.807) is 57.3 Å². The SMILES string of the molecule is CN1C(=O)C(NC(=O)c2cc(Oc3ccccc3)ccn2)COc2ccc(C#CC(C)(C)COC(=O)CCC(=O)O)cc21. The number of hydrogen-bond acceptors (Lipinski definition) is 8. The first-order valence-electron chi connectivity index (χ1n) is 13.5. The first-order chi connectivity index (χ1) is 20.5. The molecule has 0 spiro atoms. The van der Waals surface area contributed by atoms with Crippen LogP contribution >= 0.6 is 0 Å². The van der Waals surface area contributed by atoms with E-state index in [9.17, 15) is 19.2 Å². The Morgan fingerprint density at radius 3 is 2.60 bits per heavy atom. The Morgan fingerprint density at radius 1 is 1.09 bits per heavy atom. The smallest absolute Gasteiger partial charge is 0.306 e. The maximum atomic E-state index is 13.3. The number of likely N-dealkylation sites (N-methyl/N-ethyl adjacent to an activating group) is 1. The molecule has 0 saturated carbocycles. The number of hydrogen-bond donors (Lipinski definition) is 2. The molecule has 43 heavy (non-hydrogen) atoms. The molecular weight excluding hydrogens is 554 g/mol. The second-order valence-corrected chi connectivity index (χ2v) is 10.4. The van der Waals surface area contributed by atoms with Gasteiger partial charge in [0.2, 0.25) is 0 Å². The van der Waals surface area contributed by atoms with Crippen LogP contribution in [0.2, 0.25) is 0 Å². The lowest BCUT2D eigenvalue weighted by Crippen LogP contribution is -2.49. The zero-order valence-corrected chi connectivity index (χ0v) is 24.0. The van der Waals surface area contributed by atoms with E-state index in [4.69, 9.17) is 19.3 Å². The van der Waals surface area contributed by atoms with E-state index >= 15 is 0 Å². The lowest BCUT2D eigenvalue weighted by Gasteiger charge is -2.20. The van der Waals surface area contributed by atoms with Crippen LogP contribution in [0.1, 0.15) is 42.7 Å². The molecule has 11 heteroatoms. The molecule has 11 nitrogen and oxygen atoms in total. The van der Waals surface area contributed by atoms with Gasteiger partial charge in [-0.2, -0.15) is 0 Å². The standard InChI is InChI=1S/C32H31N3O8/c1-32(2,20-42-29(38)12-11-28(36)37)15-13-21-9-10-27-26(17-21)35(3)31(40)25(19-41-27)34-30(39)24-18-23(14-16-33-24)43-22-7-5-4-6-8-22/h4-10,14,16-18,25H,11-12,19-20H2,1-3H3,(H,34,39)(H,36,37). The number of nitrogens with zero attached hydrogens (tertiary/aromatic N) is 2. The summed E-state index contributed by atoms with van der Waals surface area (Å²) in [5, 5.41) is 11.4. The summed E-state index contributed by atoms with van der Waals surface area (Å²) in [6.07, 6.45) is 0.942. The number of esters is 1. The van der Waals surface area contributed by atoms with Gasteiger partial charge in [0.25, 0.3) is 11.8 Å². The van der Waals surface area contributed by atoms with E-state index in [-0.39, 0.29) is 37.7 Å². The molecular formula is C32H31N3O8. The number of amides is 2. The average molecular weight is 586 g/mol. The molecule has 3 aromatic rings. The summed E-state index contributed by atoms with van der Waals surface area (Å²) < 4.78 is 16.8. The maximum absolute atomic E-state index is 13.3. The number of carbonyl (C=O) groups is 4. The summed E-state index contributed by atoms with van der Waals surface area (Å²) in [5.74, 6) is 4.94. The third-order valence-electron chi connectivity index (χ3n) is 6.28. The Bertz CT molecular complexity index is 1580. The highest BCUT2D eigenvalue weighted by molar-refractivity contribution is 6.03. The van der Waals surface area contributed by atoms with Crippen molar-refractivity contribution in [3.05, 3.63) is 78.1 Å². The molecule has 2 aromatic carbocycles. The second kappa shape index (κ2) is 13.5. The van der Waals surface area contributed by atoms with Gasteiger partial charge in [-0.3, -0.25) is 24.2 Å². The Labute approximate surface area is 248 Å². The molecule has 2 amide bonds. The molecule has 0 saturated heterocycles. The number of nitrogens with one attached hydrogen (secondary N) is 1. The summed E-state index contributed by atoms with van der Waals surface area (Å²) in [7, 11) is 1.58. The van der Waals surface area contributed by atoms with Crippen LogP contribution in [0.3, 0.4) is 0 Å². The number of rotatable bonds is 9. The maximum Gasteiger partial charge on any atom is 0.306 e. The van der Waals surface area contributed by atoms with Gasteiger partial charge in [-0.25, -0.2) is 0 Å². The fourth-order valence-electron chi connectivity index (χ4n) is 3.95. The monoisotopic (exact) mass is 585 g/mol. The molecule has 4 rings (SSSR count). The van der Waals surface area contributed by atoms with Crippen molar-refractivity contribution in [1.82, 2.24) is 10.3 Å². The van der Waals surface area contributed by atoms with Crippen molar-refractivity contribution in [1.29, 1.82) is 0 Å². The lowest BCUT2D eigenvalue weighted by molar-refractivity contribution is -0.149. The number of pyridine rings is 1. The molecule has 1 aromatic heterocycles. The average Bonchev–Trinajstić information content (AvgIpc) is 3.10. The van der Waals surface area contributed by atoms with Gasteiger partial charge < -0.3 is 29.5 Å². The van der Waals surface area contributed by atoms with Gasteiger partial charge in [0.1, 0.15) is 42.2 Å². The van der Waals surface area contributed by atoms with Gasteiger partial charge in [0, 0.05) is 24.9 Å². The molecule has 1 aliphatic rings. The molecule has 2 N–H and O–H groups in total. The Hall–Kier alpha value is -5.37. The molecule has 222 valence electrons. The van der Waals surface area contributed by atoms with Crippen LogP contribution in [0.25, 0.3) is 0 Å². The highest BCUT2D eigenvalue weighted by Crippen LogP contribution is 2.32. The van der Waals surface area contributed by atoms with Crippen LogP contribution in [0.5, 0.6) is 17.2 Å². The van der Waals surface area contributed by atoms with Gasteiger partial charge >= 0.3 is 11.9 Å². The quantitative estimate of drug-likeness (QED) is 0.283. The van der Waals surface area contributed by atoms with Gasteiger partial charge in [-0.1, -0.05) is 30.0 Å². The fraction of sp³-hybridized carbons (Fsp3) is 0.281. The number of ether oxygens (including phenoxy) is 3. The fourth-order valence-corrected chi connectivity index (χ4v) is 3.95. The molecule has 0 bridgehead atoms. The normalized spacial score (nSPS) is 14.3. The van der Waals surface area contributed by atoms with Crippen LogP contribution in [0.4, 0.5) is 5.69 Å². The van der Waals surface area contributed by atoms with Gasteiger partial charge in [0.05, 0.1) is 23.9 Å². The van der Waals surface area contributed by atoms with Crippen LogP contribution in [-0.4, -0.2) is 60.1 Å². The third kappa shape index (κ3) is 8.56. The minimum absolute atomic E-state index is 0.0115. The minimum Gasteiger partial charge on any atom is -0.489 e. The van der Waals surface area contributed by atoms with Crippen molar-refractivity contribution in [2.45, 2.75) is 32.7 Å². The van der Waals surface area contributed by atoms with E-state index in [1.165, 1.54) is 17.2 Å². The van der Waals surface area contributed by atoms with Crippen LogP contribution in [-0.2, 0) is 19.1 Å². The molecule has 1 unspecified atom stereocenters. The van der Waals surface area contributed by atoms with Crippen molar-refractivity contribution in [2.24, 2.45) is 5.41 Å². The van der Waals surface area contributed by atoms with Crippen LogP contribution in [0.15, 0.2) is 66.9 Å². The molecule has 0 fully saturated rings. The lowest BCUT2D eigenvalue weighted by atomic mass is 9.95. The van der Waals surface area contributed by atoms with E-state index in [1.807, 2.05) is 18.2 Å². The van der Waals surface area contributed by atoms with Crippen molar-refractivity contribution in [3.63, 3.8) is 0 Å². The summed E-state index contributed by atoms with van der Waals surface area (Å²) in [6.45, 7) is 3.48. The second-order valence-electron chi connectivity index (χ2n) is 10.4. The number of aliphatic carboxylic acids is 1. The van der Waals surface area contributed by atoms with Crippen LogP contribution in [0, 0.1) is 17.3 Å². The van der Waals surface area contributed by atoms with Crippen LogP contribution < -0.4 is 19.7 Å².